The Bertz CT molecular complexity index is 476. The Morgan fingerprint density at radius 2 is 2.22 bits per heavy atom. The minimum absolute atomic E-state index is 0.126. The van der Waals surface area contributed by atoms with Gasteiger partial charge in [-0.05, 0) is 44.4 Å². The van der Waals surface area contributed by atoms with Crippen molar-refractivity contribution in [2.45, 2.75) is 50.8 Å². The molecule has 2 fully saturated rings. The number of hydrogen-bond donors (Lipinski definition) is 1. The van der Waals surface area contributed by atoms with Crippen molar-refractivity contribution in [3.63, 3.8) is 0 Å². The molecule has 0 radical (unpaired) electrons. The van der Waals surface area contributed by atoms with Crippen molar-refractivity contribution < 1.29 is 9.59 Å². The van der Waals surface area contributed by atoms with Gasteiger partial charge in [-0.25, -0.2) is 0 Å². The number of amidine groups is 1. The number of aliphatic imine (C=N–C) groups is 1. The van der Waals surface area contributed by atoms with Crippen LogP contribution in [0.5, 0.6) is 0 Å². The fourth-order valence-corrected chi connectivity index (χ4v) is 4.15. The third-order valence-corrected chi connectivity index (χ3v) is 6.43. The Balaban J connectivity index is 1.68. The maximum atomic E-state index is 11.8. The van der Waals surface area contributed by atoms with Crippen molar-refractivity contribution in [2.24, 2.45) is 16.3 Å². The first-order valence-corrected chi connectivity index (χ1v) is 7.27. The molecule has 2 aliphatic carbocycles. The van der Waals surface area contributed by atoms with Gasteiger partial charge in [-0.3, -0.25) is 9.59 Å². The lowest BCUT2D eigenvalue weighted by molar-refractivity contribution is -0.127. The van der Waals surface area contributed by atoms with Gasteiger partial charge >= 0.3 is 0 Å². The second-order valence-corrected chi connectivity index (χ2v) is 7.49. The van der Waals surface area contributed by atoms with Crippen molar-refractivity contribution in [1.82, 2.24) is 5.32 Å². The average Bonchev–Trinajstić information content (AvgIpc) is 2.59. The van der Waals surface area contributed by atoms with Crippen molar-refractivity contribution in [1.29, 1.82) is 0 Å². The molecular weight excluding hydrogens is 248 g/mol. The molecule has 98 valence electrons. The number of carbonyl (C=O) groups is 2. The summed E-state index contributed by atoms with van der Waals surface area (Å²) in [6, 6.07) is 0.421. The van der Waals surface area contributed by atoms with E-state index in [4.69, 9.17) is 0 Å². The Labute approximate surface area is 111 Å². The van der Waals surface area contributed by atoms with Crippen LogP contribution in [0.1, 0.15) is 40.0 Å². The van der Waals surface area contributed by atoms with E-state index in [0.717, 1.165) is 5.92 Å². The highest BCUT2D eigenvalue weighted by Gasteiger charge is 2.58. The molecule has 5 heteroatoms. The molecule has 4 nitrogen and oxygen atoms in total. The number of carbonyl (C=O) groups excluding carboxylic acids is 2. The van der Waals surface area contributed by atoms with Crippen molar-refractivity contribution >= 4 is 28.6 Å². The Morgan fingerprint density at radius 3 is 2.61 bits per heavy atom. The van der Waals surface area contributed by atoms with E-state index in [0.29, 0.717) is 16.6 Å². The average molecular weight is 266 g/mol. The van der Waals surface area contributed by atoms with Gasteiger partial charge in [-0.15, -0.1) is 0 Å². The summed E-state index contributed by atoms with van der Waals surface area (Å²) in [6.45, 7) is 5.42. The minimum Gasteiger partial charge on any atom is -0.361 e. The largest absolute Gasteiger partial charge is 0.361 e. The predicted octanol–water partition coefficient (Wildman–Crippen LogP) is 1.74. The number of thioether (sulfide) groups is 1. The van der Waals surface area contributed by atoms with Gasteiger partial charge in [0, 0.05) is 6.04 Å². The van der Waals surface area contributed by atoms with E-state index in [2.05, 4.69) is 17.2 Å². The molecule has 0 bridgehead atoms. The number of nitrogens with zero attached hydrogens (tertiary/aromatic N) is 1. The Hall–Kier alpha value is -0.840. The van der Waals surface area contributed by atoms with Crippen LogP contribution in [0.4, 0.5) is 0 Å². The first-order valence-electron chi connectivity index (χ1n) is 6.46. The van der Waals surface area contributed by atoms with Crippen LogP contribution in [0, 0.1) is 11.3 Å². The third-order valence-electron chi connectivity index (χ3n) is 5.16. The fourth-order valence-electron chi connectivity index (χ4n) is 3.16. The molecule has 18 heavy (non-hydrogen) atoms. The molecule has 0 spiro atoms. The summed E-state index contributed by atoms with van der Waals surface area (Å²) in [7, 11) is 0. The van der Waals surface area contributed by atoms with E-state index >= 15 is 0 Å². The summed E-state index contributed by atoms with van der Waals surface area (Å²) in [6.07, 6.45) is 3.75. The van der Waals surface area contributed by atoms with E-state index < -0.39 is 4.75 Å². The lowest BCUT2D eigenvalue weighted by Gasteiger charge is -2.62. The summed E-state index contributed by atoms with van der Waals surface area (Å²) in [5.41, 5.74) is 0.390. The number of amides is 1. The van der Waals surface area contributed by atoms with Crippen LogP contribution in [0.2, 0.25) is 0 Å². The molecule has 0 aromatic heterocycles. The van der Waals surface area contributed by atoms with Crippen LogP contribution in [0.25, 0.3) is 0 Å². The van der Waals surface area contributed by atoms with Gasteiger partial charge in [0.1, 0.15) is 0 Å². The number of fused-ring (bicyclic) bond motifs is 1. The van der Waals surface area contributed by atoms with Crippen molar-refractivity contribution in [3.05, 3.63) is 0 Å². The van der Waals surface area contributed by atoms with Gasteiger partial charge in [0.2, 0.25) is 0 Å². The summed E-state index contributed by atoms with van der Waals surface area (Å²) in [4.78, 5) is 27.4. The van der Waals surface area contributed by atoms with Crippen LogP contribution >= 0.6 is 11.8 Å². The minimum atomic E-state index is -1.01. The zero-order chi connectivity index (χ0) is 13.1. The zero-order valence-corrected chi connectivity index (χ0v) is 11.8. The number of rotatable bonds is 2. The molecule has 0 saturated heterocycles. The van der Waals surface area contributed by atoms with Crippen LogP contribution in [-0.4, -0.2) is 27.6 Å². The monoisotopic (exact) mass is 266 g/mol. The van der Waals surface area contributed by atoms with E-state index in [1.807, 2.05) is 0 Å². The van der Waals surface area contributed by atoms with Gasteiger partial charge < -0.3 is 5.32 Å². The number of hydrogen-bond acceptors (Lipinski definition) is 4. The lowest BCUT2D eigenvalue weighted by atomic mass is 9.46. The second-order valence-electron chi connectivity index (χ2n) is 6.09. The molecule has 1 amide bonds. The molecular formula is C13H18N2O2S. The summed E-state index contributed by atoms with van der Waals surface area (Å²) in [5, 5.41) is 4.00. The van der Waals surface area contributed by atoms with E-state index in [1.165, 1.54) is 37.9 Å². The fraction of sp³-hybridized carbons (Fsp3) is 0.769. The van der Waals surface area contributed by atoms with Gasteiger partial charge in [0.15, 0.2) is 15.7 Å². The Kier molecular flexibility index (Phi) is 2.44. The molecule has 3 rings (SSSR count). The first kappa shape index (κ1) is 12.2. The molecule has 0 aromatic rings. The number of Topliss-reactive ketones (excluding diaryl/α,β-unsaturated/α-hetero) is 1. The standard InChI is InChI=1S/C13H18N2O2S/c1-7(16)13(3)10(17)15-11(18-13)14-9-6-8-4-5-12(8,9)2/h8-9H,4-6H2,1-3H3,(H,14,15,17)/t8-,9-,12?,13-/m0/s1. The third kappa shape index (κ3) is 1.43. The molecule has 4 atom stereocenters. The number of ketones is 1. The molecule has 2 saturated carbocycles. The molecule has 1 heterocycles. The molecule has 1 N–H and O–H groups in total. The highest BCUT2D eigenvalue weighted by atomic mass is 32.2. The van der Waals surface area contributed by atoms with E-state index in [9.17, 15) is 9.59 Å². The van der Waals surface area contributed by atoms with E-state index in [1.54, 1.807) is 6.92 Å². The molecule has 3 aliphatic rings. The van der Waals surface area contributed by atoms with Gasteiger partial charge in [0.05, 0.1) is 0 Å². The normalized spacial score (nSPS) is 45.7. The predicted molar refractivity (Wildman–Crippen MR) is 71.5 cm³/mol. The van der Waals surface area contributed by atoms with Crippen molar-refractivity contribution in [3.8, 4) is 0 Å². The number of nitrogens with one attached hydrogen (secondary N) is 1. The van der Waals surface area contributed by atoms with E-state index in [-0.39, 0.29) is 11.7 Å². The maximum absolute atomic E-state index is 11.8. The maximum Gasteiger partial charge on any atom is 0.272 e. The highest BCUT2D eigenvalue weighted by Crippen LogP contribution is 2.60. The molecule has 1 unspecified atom stereocenters. The lowest BCUT2D eigenvalue weighted by Crippen LogP contribution is -2.64. The highest BCUT2D eigenvalue weighted by molar-refractivity contribution is 8.16. The second kappa shape index (κ2) is 3.59. The SMILES string of the molecule is CC(=O)[C@]1(C)SC(N[C@H]2C[C@@H]3CCC32C)=NC1=O. The van der Waals surface area contributed by atoms with Crippen LogP contribution in [0.15, 0.2) is 4.99 Å². The summed E-state index contributed by atoms with van der Waals surface area (Å²) >= 11 is 1.27. The smallest absolute Gasteiger partial charge is 0.272 e. The molecule has 1 aliphatic heterocycles. The van der Waals surface area contributed by atoms with Gasteiger partial charge in [0.25, 0.3) is 5.91 Å². The molecule has 0 aromatic carbocycles. The van der Waals surface area contributed by atoms with Gasteiger partial charge in [-0.2, -0.15) is 4.99 Å². The zero-order valence-electron chi connectivity index (χ0n) is 10.9. The first-order chi connectivity index (χ1) is 8.36. The van der Waals surface area contributed by atoms with Crippen LogP contribution < -0.4 is 5.32 Å². The summed E-state index contributed by atoms with van der Waals surface area (Å²) in [5.74, 6) is 0.397. The Morgan fingerprint density at radius 1 is 1.50 bits per heavy atom. The van der Waals surface area contributed by atoms with Crippen molar-refractivity contribution in [2.75, 3.05) is 0 Å². The quantitative estimate of drug-likeness (QED) is 0.773. The van der Waals surface area contributed by atoms with Crippen LogP contribution in [0.3, 0.4) is 0 Å². The summed E-state index contributed by atoms with van der Waals surface area (Å²) < 4.78 is -1.01. The van der Waals surface area contributed by atoms with Crippen LogP contribution in [-0.2, 0) is 9.59 Å². The topological polar surface area (TPSA) is 58.5 Å². The van der Waals surface area contributed by atoms with Gasteiger partial charge in [-0.1, -0.05) is 18.7 Å².